The molecule has 0 unspecified atom stereocenters. The molecule has 0 fully saturated rings. The van der Waals surface area contributed by atoms with Crippen molar-refractivity contribution in [3.63, 3.8) is 0 Å². The first kappa shape index (κ1) is 14.7. The Morgan fingerprint density at radius 2 is 2.18 bits per heavy atom. The largest absolute Gasteiger partial charge is 0.459 e. The number of thiocarbonyl (C=S) groups is 1. The number of anilines is 1. The monoisotopic (exact) mass is 335 g/mol. The van der Waals surface area contributed by atoms with Crippen molar-refractivity contribution in [1.29, 1.82) is 0 Å². The Morgan fingerprint density at radius 3 is 2.86 bits per heavy atom. The van der Waals surface area contributed by atoms with E-state index in [0.717, 1.165) is 29.7 Å². The summed E-state index contributed by atoms with van der Waals surface area (Å²) >= 11 is 6.56. The van der Waals surface area contributed by atoms with Crippen LogP contribution in [0.4, 0.5) is 5.00 Å². The molecule has 3 rings (SSSR count). The Balaban J connectivity index is 1.75. The van der Waals surface area contributed by atoms with Gasteiger partial charge >= 0.3 is 0 Å². The standard InChI is InChI=1S/C14H13N3O3S2/c15-11(18)10-7-3-1-5-9(7)22-13(10)17-14(21)16-12(19)8-4-2-6-20-8/h2,4,6H,1,3,5H2,(H2,15,18)(H2,16,17,19,21). The molecule has 0 aromatic carbocycles. The van der Waals surface area contributed by atoms with E-state index in [1.54, 1.807) is 6.07 Å². The molecule has 114 valence electrons. The van der Waals surface area contributed by atoms with Crippen molar-refractivity contribution in [3.8, 4) is 0 Å². The quantitative estimate of drug-likeness (QED) is 0.746. The van der Waals surface area contributed by atoms with Crippen LogP contribution in [0.5, 0.6) is 0 Å². The zero-order chi connectivity index (χ0) is 15.7. The SMILES string of the molecule is NC(=O)c1c(NC(=S)NC(=O)c2ccco2)sc2c1CCC2. The Labute approximate surface area is 135 Å². The molecule has 2 heterocycles. The van der Waals surface area contributed by atoms with Crippen LogP contribution in [0.1, 0.15) is 37.8 Å². The zero-order valence-corrected chi connectivity index (χ0v) is 13.1. The van der Waals surface area contributed by atoms with Gasteiger partial charge in [0, 0.05) is 4.88 Å². The summed E-state index contributed by atoms with van der Waals surface area (Å²) in [5, 5.41) is 6.08. The second-order valence-corrected chi connectivity index (χ2v) is 6.32. The zero-order valence-electron chi connectivity index (χ0n) is 11.5. The van der Waals surface area contributed by atoms with Crippen LogP contribution in [0.15, 0.2) is 22.8 Å². The number of primary amides is 1. The van der Waals surface area contributed by atoms with Gasteiger partial charge in [-0.15, -0.1) is 11.3 Å². The molecule has 2 amide bonds. The average Bonchev–Trinajstić information content (AvgIpc) is 3.13. The van der Waals surface area contributed by atoms with Gasteiger partial charge in [-0.05, 0) is 49.2 Å². The number of hydrogen-bond donors (Lipinski definition) is 3. The van der Waals surface area contributed by atoms with Gasteiger partial charge in [-0.2, -0.15) is 0 Å². The Bertz CT molecular complexity index is 750. The van der Waals surface area contributed by atoms with Gasteiger partial charge in [-0.25, -0.2) is 0 Å². The van der Waals surface area contributed by atoms with E-state index in [-0.39, 0.29) is 10.9 Å². The van der Waals surface area contributed by atoms with E-state index in [1.165, 1.54) is 23.7 Å². The third kappa shape index (κ3) is 2.75. The molecular formula is C14H13N3O3S2. The first-order chi connectivity index (χ1) is 10.6. The molecule has 8 heteroatoms. The van der Waals surface area contributed by atoms with Crippen LogP contribution >= 0.6 is 23.6 Å². The number of amides is 2. The minimum atomic E-state index is -0.484. The van der Waals surface area contributed by atoms with Gasteiger partial charge in [0.1, 0.15) is 5.00 Å². The molecule has 0 saturated carbocycles. The van der Waals surface area contributed by atoms with E-state index in [2.05, 4.69) is 10.6 Å². The number of hydrogen-bond acceptors (Lipinski definition) is 5. The molecule has 0 bridgehead atoms. The normalized spacial score (nSPS) is 12.7. The average molecular weight is 335 g/mol. The number of rotatable bonds is 3. The van der Waals surface area contributed by atoms with Crippen LogP contribution in [-0.2, 0) is 12.8 Å². The molecule has 0 spiro atoms. The minimum absolute atomic E-state index is 0.101. The molecule has 4 N–H and O–H groups in total. The Morgan fingerprint density at radius 1 is 1.36 bits per heavy atom. The second-order valence-electron chi connectivity index (χ2n) is 4.81. The lowest BCUT2D eigenvalue weighted by molar-refractivity contribution is 0.0949. The van der Waals surface area contributed by atoms with Crippen LogP contribution in [0, 0.1) is 0 Å². The van der Waals surface area contributed by atoms with Crippen LogP contribution in [0.3, 0.4) is 0 Å². The lowest BCUT2D eigenvalue weighted by atomic mass is 10.1. The molecule has 2 aromatic rings. The minimum Gasteiger partial charge on any atom is -0.459 e. The number of carbonyl (C=O) groups excluding carboxylic acids is 2. The third-order valence-electron chi connectivity index (χ3n) is 3.37. The highest BCUT2D eigenvalue weighted by Gasteiger charge is 2.25. The third-order valence-corrected chi connectivity index (χ3v) is 4.78. The second kappa shape index (κ2) is 5.90. The molecular weight excluding hydrogens is 322 g/mol. The fourth-order valence-corrected chi connectivity index (χ4v) is 4.02. The summed E-state index contributed by atoms with van der Waals surface area (Å²) in [6, 6.07) is 3.15. The van der Waals surface area contributed by atoms with E-state index < -0.39 is 11.8 Å². The van der Waals surface area contributed by atoms with Crippen molar-refractivity contribution >= 4 is 45.5 Å². The molecule has 6 nitrogen and oxygen atoms in total. The molecule has 1 aliphatic rings. The van der Waals surface area contributed by atoms with Crippen molar-refractivity contribution in [2.45, 2.75) is 19.3 Å². The number of furan rings is 1. The van der Waals surface area contributed by atoms with Crippen LogP contribution in [0.25, 0.3) is 0 Å². The van der Waals surface area contributed by atoms with Gasteiger partial charge in [0.05, 0.1) is 11.8 Å². The number of nitrogens with two attached hydrogens (primary N) is 1. The number of nitrogens with one attached hydrogen (secondary N) is 2. The van der Waals surface area contributed by atoms with Gasteiger partial charge in [-0.1, -0.05) is 0 Å². The number of aryl methyl sites for hydroxylation is 1. The van der Waals surface area contributed by atoms with Gasteiger partial charge in [-0.3, -0.25) is 14.9 Å². The Hall–Kier alpha value is -2.19. The van der Waals surface area contributed by atoms with Gasteiger partial charge in [0.2, 0.25) is 0 Å². The van der Waals surface area contributed by atoms with Crippen molar-refractivity contribution in [2.75, 3.05) is 5.32 Å². The van der Waals surface area contributed by atoms with Gasteiger partial charge < -0.3 is 15.5 Å². The van der Waals surface area contributed by atoms with Crippen LogP contribution in [0.2, 0.25) is 0 Å². The fourth-order valence-electron chi connectivity index (χ4n) is 2.46. The van der Waals surface area contributed by atoms with E-state index in [0.29, 0.717) is 10.6 Å². The van der Waals surface area contributed by atoms with Crippen molar-refractivity contribution in [2.24, 2.45) is 5.73 Å². The predicted octanol–water partition coefficient (Wildman–Crippen LogP) is 2.06. The molecule has 0 saturated heterocycles. The van der Waals surface area contributed by atoms with Crippen LogP contribution < -0.4 is 16.4 Å². The summed E-state index contributed by atoms with van der Waals surface area (Å²) < 4.78 is 4.99. The lowest BCUT2D eigenvalue weighted by Gasteiger charge is -2.08. The number of thiophene rings is 1. The molecule has 22 heavy (non-hydrogen) atoms. The topological polar surface area (TPSA) is 97.4 Å². The molecule has 0 radical (unpaired) electrons. The first-order valence-corrected chi connectivity index (χ1v) is 7.89. The van der Waals surface area contributed by atoms with E-state index in [4.69, 9.17) is 22.4 Å². The van der Waals surface area contributed by atoms with Gasteiger partial charge in [0.15, 0.2) is 10.9 Å². The molecule has 0 aliphatic heterocycles. The van der Waals surface area contributed by atoms with Crippen molar-refractivity contribution in [1.82, 2.24) is 5.32 Å². The predicted molar refractivity (Wildman–Crippen MR) is 87.3 cm³/mol. The summed E-state index contributed by atoms with van der Waals surface area (Å²) in [5.74, 6) is -0.776. The highest BCUT2D eigenvalue weighted by molar-refractivity contribution is 7.80. The number of carbonyl (C=O) groups is 2. The number of fused-ring (bicyclic) bond motifs is 1. The summed E-state index contributed by atoms with van der Waals surface area (Å²) in [5.41, 5.74) is 6.95. The maximum Gasteiger partial charge on any atom is 0.293 e. The summed E-state index contributed by atoms with van der Waals surface area (Å²) in [4.78, 5) is 24.7. The molecule has 1 aliphatic carbocycles. The van der Waals surface area contributed by atoms with Crippen molar-refractivity contribution < 1.29 is 14.0 Å². The van der Waals surface area contributed by atoms with E-state index in [9.17, 15) is 9.59 Å². The molecule has 0 atom stereocenters. The van der Waals surface area contributed by atoms with Gasteiger partial charge in [0.25, 0.3) is 11.8 Å². The summed E-state index contributed by atoms with van der Waals surface area (Å²) in [6.45, 7) is 0. The maximum absolute atomic E-state index is 11.8. The summed E-state index contributed by atoms with van der Waals surface area (Å²) in [6.07, 6.45) is 4.21. The highest BCUT2D eigenvalue weighted by Crippen LogP contribution is 2.38. The maximum atomic E-state index is 11.8. The Kier molecular flexibility index (Phi) is 3.95. The van der Waals surface area contributed by atoms with E-state index >= 15 is 0 Å². The van der Waals surface area contributed by atoms with E-state index in [1.807, 2.05) is 0 Å². The fraction of sp³-hybridized carbons (Fsp3) is 0.214. The lowest BCUT2D eigenvalue weighted by Crippen LogP contribution is -2.34. The smallest absolute Gasteiger partial charge is 0.293 e. The first-order valence-electron chi connectivity index (χ1n) is 6.66. The molecule has 2 aromatic heterocycles. The van der Waals surface area contributed by atoms with Crippen molar-refractivity contribution in [3.05, 3.63) is 40.2 Å². The summed E-state index contributed by atoms with van der Waals surface area (Å²) in [7, 11) is 0. The van der Waals surface area contributed by atoms with Crippen LogP contribution in [-0.4, -0.2) is 16.9 Å². The highest BCUT2D eigenvalue weighted by atomic mass is 32.1.